The molecule has 0 bridgehead atoms. The average Bonchev–Trinajstić information content (AvgIpc) is 3.08. The minimum Gasteiger partial charge on any atom is -0.375 e. The predicted molar refractivity (Wildman–Crippen MR) is 113 cm³/mol. The van der Waals surface area contributed by atoms with Crippen molar-refractivity contribution in [2.45, 2.75) is 52.2 Å². The number of pyridine rings is 1. The summed E-state index contributed by atoms with van der Waals surface area (Å²) in [6.07, 6.45) is 5.64. The fourth-order valence-electron chi connectivity index (χ4n) is 4.01. The predicted octanol–water partition coefficient (Wildman–Crippen LogP) is 1.95. The van der Waals surface area contributed by atoms with E-state index in [0.717, 1.165) is 36.3 Å². The second kappa shape index (κ2) is 10.3. The molecule has 8 nitrogen and oxygen atoms in total. The molecule has 0 aromatic carbocycles. The Balaban J connectivity index is 1.64. The third-order valence-electron chi connectivity index (χ3n) is 5.49. The van der Waals surface area contributed by atoms with Crippen LogP contribution >= 0.6 is 0 Å². The summed E-state index contributed by atoms with van der Waals surface area (Å²) >= 11 is 0. The van der Waals surface area contributed by atoms with E-state index in [9.17, 15) is 9.59 Å². The summed E-state index contributed by atoms with van der Waals surface area (Å²) < 4.78 is 6.97. The van der Waals surface area contributed by atoms with Crippen LogP contribution in [0.25, 0.3) is 0 Å². The SMILES string of the molecule is COCC(=O)N(Cc1cccnc1)C1CCCN(C(=O)CCn2nc(C)cc2C)C1. The van der Waals surface area contributed by atoms with Crippen molar-refractivity contribution in [3.8, 4) is 0 Å². The summed E-state index contributed by atoms with van der Waals surface area (Å²) in [5, 5.41) is 4.43. The molecule has 3 heterocycles. The number of hydrogen-bond acceptors (Lipinski definition) is 5. The van der Waals surface area contributed by atoms with Crippen LogP contribution in [-0.4, -0.2) is 69.2 Å². The number of nitrogens with zero attached hydrogens (tertiary/aromatic N) is 5. The van der Waals surface area contributed by atoms with Gasteiger partial charge >= 0.3 is 0 Å². The third kappa shape index (κ3) is 5.66. The summed E-state index contributed by atoms with van der Waals surface area (Å²) in [5.74, 6) is 0.0380. The zero-order valence-corrected chi connectivity index (χ0v) is 18.1. The fourth-order valence-corrected chi connectivity index (χ4v) is 4.01. The molecule has 162 valence electrons. The third-order valence-corrected chi connectivity index (χ3v) is 5.49. The Hall–Kier alpha value is -2.74. The van der Waals surface area contributed by atoms with Crippen LogP contribution in [0.5, 0.6) is 0 Å². The Morgan fingerprint density at radius 3 is 2.83 bits per heavy atom. The maximum atomic E-state index is 12.9. The van der Waals surface area contributed by atoms with Crippen LogP contribution in [0.2, 0.25) is 0 Å². The maximum absolute atomic E-state index is 12.9. The van der Waals surface area contributed by atoms with Gasteiger partial charge in [-0.15, -0.1) is 0 Å². The Kier molecular flexibility index (Phi) is 7.57. The lowest BCUT2D eigenvalue weighted by molar-refractivity contribution is -0.143. The van der Waals surface area contributed by atoms with Crippen LogP contribution in [-0.2, 0) is 27.4 Å². The van der Waals surface area contributed by atoms with E-state index in [0.29, 0.717) is 26.1 Å². The highest BCUT2D eigenvalue weighted by atomic mass is 16.5. The number of ether oxygens (including phenoxy) is 1. The second-order valence-electron chi connectivity index (χ2n) is 7.85. The Morgan fingerprint density at radius 1 is 1.33 bits per heavy atom. The van der Waals surface area contributed by atoms with Crippen LogP contribution in [0.3, 0.4) is 0 Å². The number of carbonyl (C=O) groups is 2. The van der Waals surface area contributed by atoms with Crippen molar-refractivity contribution in [3.05, 3.63) is 47.5 Å². The molecule has 1 fully saturated rings. The van der Waals surface area contributed by atoms with Gasteiger partial charge < -0.3 is 14.5 Å². The van der Waals surface area contributed by atoms with E-state index in [1.165, 1.54) is 7.11 Å². The van der Waals surface area contributed by atoms with Gasteiger partial charge in [0.25, 0.3) is 0 Å². The molecule has 1 unspecified atom stereocenters. The monoisotopic (exact) mass is 413 g/mol. The van der Waals surface area contributed by atoms with Crippen LogP contribution in [0.1, 0.15) is 36.2 Å². The standard InChI is InChI=1S/C22H31N5O3/c1-17-12-18(2)27(24-17)11-8-21(28)25-10-5-7-20(15-25)26(22(29)16-30-3)14-19-6-4-9-23-13-19/h4,6,9,12-13,20H,5,7-8,10-11,14-16H2,1-3H3. The smallest absolute Gasteiger partial charge is 0.249 e. The van der Waals surface area contributed by atoms with Crippen molar-refractivity contribution < 1.29 is 14.3 Å². The van der Waals surface area contributed by atoms with Crippen molar-refractivity contribution in [2.24, 2.45) is 0 Å². The van der Waals surface area contributed by atoms with Gasteiger partial charge in [0.2, 0.25) is 11.8 Å². The number of hydrogen-bond donors (Lipinski definition) is 0. The van der Waals surface area contributed by atoms with Gasteiger partial charge in [-0.3, -0.25) is 19.3 Å². The lowest BCUT2D eigenvalue weighted by atomic mass is 10.0. The first kappa shape index (κ1) is 22.0. The molecule has 0 spiro atoms. The molecule has 0 radical (unpaired) electrons. The molecule has 2 amide bonds. The summed E-state index contributed by atoms with van der Waals surface area (Å²) in [4.78, 5) is 33.5. The quantitative estimate of drug-likeness (QED) is 0.661. The molecule has 1 saturated heterocycles. The largest absolute Gasteiger partial charge is 0.375 e. The van der Waals surface area contributed by atoms with Crippen LogP contribution < -0.4 is 0 Å². The minimum atomic E-state index is -0.0664. The van der Waals surface area contributed by atoms with E-state index in [2.05, 4.69) is 10.1 Å². The van der Waals surface area contributed by atoms with Gasteiger partial charge in [-0.1, -0.05) is 6.07 Å². The fraction of sp³-hybridized carbons (Fsp3) is 0.545. The number of methoxy groups -OCH3 is 1. The van der Waals surface area contributed by atoms with E-state index in [1.807, 2.05) is 46.5 Å². The maximum Gasteiger partial charge on any atom is 0.249 e. The van der Waals surface area contributed by atoms with Gasteiger partial charge in [-0.25, -0.2) is 0 Å². The molecule has 1 atom stereocenters. The first-order valence-electron chi connectivity index (χ1n) is 10.4. The molecule has 0 saturated carbocycles. The first-order chi connectivity index (χ1) is 14.5. The number of rotatable bonds is 8. The molecule has 30 heavy (non-hydrogen) atoms. The normalized spacial score (nSPS) is 16.5. The molecule has 1 aliphatic heterocycles. The average molecular weight is 414 g/mol. The molecule has 0 aliphatic carbocycles. The summed E-state index contributed by atoms with van der Waals surface area (Å²) in [5.41, 5.74) is 2.99. The van der Waals surface area contributed by atoms with Crippen molar-refractivity contribution >= 4 is 11.8 Å². The molecule has 8 heteroatoms. The summed E-state index contributed by atoms with van der Waals surface area (Å²) in [6.45, 7) is 6.30. The zero-order valence-electron chi connectivity index (χ0n) is 18.1. The van der Waals surface area contributed by atoms with Crippen LogP contribution in [0.4, 0.5) is 0 Å². The topological polar surface area (TPSA) is 80.6 Å². The second-order valence-corrected chi connectivity index (χ2v) is 7.85. The molecule has 3 rings (SSSR count). The summed E-state index contributed by atoms with van der Waals surface area (Å²) in [7, 11) is 1.52. The van der Waals surface area contributed by atoms with Crippen molar-refractivity contribution in [1.29, 1.82) is 0 Å². The van der Waals surface area contributed by atoms with E-state index < -0.39 is 0 Å². The molecular formula is C22H31N5O3. The van der Waals surface area contributed by atoms with E-state index in [1.54, 1.807) is 12.4 Å². The number of amides is 2. The van der Waals surface area contributed by atoms with Gasteiger partial charge in [0.05, 0.1) is 5.69 Å². The van der Waals surface area contributed by atoms with Gasteiger partial charge in [0.1, 0.15) is 6.61 Å². The molecule has 1 aliphatic rings. The van der Waals surface area contributed by atoms with Gasteiger partial charge in [0, 0.05) is 63.8 Å². The zero-order chi connectivity index (χ0) is 21.5. The molecule has 2 aromatic heterocycles. The van der Waals surface area contributed by atoms with Crippen molar-refractivity contribution in [3.63, 3.8) is 0 Å². The van der Waals surface area contributed by atoms with Crippen LogP contribution in [0.15, 0.2) is 30.6 Å². The van der Waals surface area contributed by atoms with Gasteiger partial charge in [-0.05, 0) is 44.4 Å². The number of carbonyl (C=O) groups excluding carboxylic acids is 2. The first-order valence-corrected chi connectivity index (χ1v) is 10.4. The van der Waals surface area contributed by atoms with E-state index in [-0.39, 0.29) is 24.5 Å². The molecular weight excluding hydrogens is 382 g/mol. The van der Waals surface area contributed by atoms with Crippen molar-refractivity contribution in [1.82, 2.24) is 24.6 Å². The van der Waals surface area contributed by atoms with E-state index >= 15 is 0 Å². The van der Waals surface area contributed by atoms with E-state index in [4.69, 9.17) is 4.74 Å². The lowest BCUT2D eigenvalue weighted by Gasteiger charge is -2.39. The highest BCUT2D eigenvalue weighted by Gasteiger charge is 2.30. The number of likely N-dealkylation sites (tertiary alicyclic amines) is 1. The Morgan fingerprint density at radius 2 is 2.17 bits per heavy atom. The molecule has 0 N–H and O–H groups in total. The highest BCUT2D eigenvalue weighted by Crippen LogP contribution is 2.20. The Bertz CT molecular complexity index is 852. The number of piperidine rings is 1. The van der Waals surface area contributed by atoms with Gasteiger partial charge in [-0.2, -0.15) is 5.10 Å². The minimum absolute atomic E-state index is 0.0285. The lowest BCUT2D eigenvalue weighted by Crippen LogP contribution is -2.52. The number of aromatic nitrogens is 3. The Labute approximate surface area is 177 Å². The number of aryl methyl sites for hydroxylation is 3. The molecule has 2 aromatic rings. The van der Waals surface area contributed by atoms with Gasteiger partial charge in [0.15, 0.2) is 0 Å². The summed E-state index contributed by atoms with van der Waals surface area (Å²) in [6, 6.07) is 5.81. The van der Waals surface area contributed by atoms with Crippen LogP contribution in [0, 0.1) is 13.8 Å². The van der Waals surface area contributed by atoms with Crippen molar-refractivity contribution in [2.75, 3.05) is 26.8 Å². The highest BCUT2D eigenvalue weighted by molar-refractivity contribution is 5.78.